The van der Waals surface area contributed by atoms with Crippen LogP contribution in [0, 0.1) is 0 Å². The van der Waals surface area contributed by atoms with Crippen LogP contribution < -0.4 is 0 Å². The molecule has 68 valence electrons. The normalized spacial score (nSPS) is 13.5. The van der Waals surface area contributed by atoms with E-state index in [1.165, 1.54) is 12.2 Å². The van der Waals surface area contributed by atoms with Crippen molar-refractivity contribution < 1.29 is 8.42 Å². The summed E-state index contributed by atoms with van der Waals surface area (Å²) in [7, 11) is -3.13. The maximum atomic E-state index is 11.4. The maximum Gasteiger partial charge on any atom is 0.178 e. The minimum absolute atomic E-state index is 0.0968. The van der Waals surface area contributed by atoms with E-state index in [-0.39, 0.29) is 10.7 Å². The molecule has 0 spiro atoms. The van der Waals surface area contributed by atoms with E-state index in [0.717, 1.165) is 0 Å². The summed E-state index contributed by atoms with van der Waals surface area (Å²) in [4.78, 5) is 0.278. The minimum atomic E-state index is -3.13. The molecule has 0 unspecified atom stereocenters. The molecule has 0 aromatic carbocycles. The Morgan fingerprint density at radius 3 is 2.08 bits per heavy atom. The highest BCUT2D eigenvalue weighted by Crippen LogP contribution is 2.14. The average molecular weight is 186 g/mol. The van der Waals surface area contributed by atoms with Gasteiger partial charge in [0.15, 0.2) is 9.84 Å². The predicted molar refractivity (Wildman–Crippen MR) is 52.6 cm³/mol. The summed E-state index contributed by atoms with van der Waals surface area (Å²) in [6, 6.07) is 0. The molecule has 0 fully saturated rings. The molecule has 0 aromatic heterocycles. The first kappa shape index (κ1) is 11.2. The van der Waals surface area contributed by atoms with Crippen molar-refractivity contribution in [3.63, 3.8) is 0 Å². The Balaban J connectivity index is 5.35. The lowest BCUT2D eigenvalue weighted by atomic mass is 10.3. The van der Waals surface area contributed by atoms with Gasteiger partial charge < -0.3 is 0 Å². The molecule has 2 nitrogen and oxygen atoms in total. The van der Waals surface area contributed by atoms with Crippen molar-refractivity contribution in [3.8, 4) is 0 Å². The Bertz CT molecular complexity index is 307. The Morgan fingerprint density at radius 1 is 1.33 bits per heavy atom. The topological polar surface area (TPSA) is 34.1 Å². The van der Waals surface area contributed by atoms with Crippen molar-refractivity contribution in [2.24, 2.45) is 0 Å². The van der Waals surface area contributed by atoms with Gasteiger partial charge in [0.1, 0.15) is 0 Å². The maximum absolute atomic E-state index is 11.4. The fourth-order valence-electron chi connectivity index (χ4n) is 0.789. The summed E-state index contributed by atoms with van der Waals surface area (Å²) in [5.41, 5.74) is 0.645. The summed E-state index contributed by atoms with van der Waals surface area (Å²) in [6.45, 7) is 10.3. The van der Waals surface area contributed by atoms with Crippen LogP contribution in [0.1, 0.15) is 13.8 Å². The van der Waals surface area contributed by atoms with Crippen LogP contribution in [0.5, 0.6) is 0 Å². The molecular formula is C9H14O2S. The molecule has 0 aromatic rings. The summed E-state index contributed by atoms with van der Waals surface area (Å²) < 4.78 is 22.7. The highest BCUT2D eigenvalue weighted by molar-refractivity contribution is 7.95. The van der Waals surface area contributed by atoms with Gasteiger partial charge in [-0.2, -0.15) is 0 Å². The van der Waals surface area contributed by atoms with Crippen LogP contribution in [0.4, 0.5) is 0 Å². The first-order chi connectivity index (χ1) is 5.49. The van der Waals surface area contributed by atoms with E-state index < -0.39 is 9.84 Å². The van der Waals surface area contributed by atoms with E-state index in [1.54, 1.807) is 13.8 Å². The van der Waals surface area contributed by atoms with E-state index in [9.17, 15) is 8.42 Å². The van der Waals surface area contributed by atoms with E-state index in [4.69, 9.17) is 0 Å². The minimum Gasteiger partial charge on any atom is -0.224 e. The van der Waals surface area contributed by atoms with Gasteiger partial charge in [0.25, 0.3) is 0 Å². The molecule has 0 aliphatic rings. The van der Waals surface area contributed by atoms with Crippen LogP contribution in [0.15, 0.2) is 35.8 Å². The second kappa shape index (κ2) is 4.26. The quantitative estimate of drug-likeness (QED) is 0.630. The molecule has 0 radical (unpaired) electrons. The summed E-state index contributed by atoms with van der Waals surface area (Å²) in [6.07, 6.45) is 2.88. The van der Waals surface area contributed by atoms with Gasteiger partial charge in [0.05, 0.1) is 10.7 Å². The Kier molecular flexibility index (Phi) is 3.96. The summed E-state index contributed by atoms with van der Waals surface area (Å²) in [5.74, 6) is 0.0968. The van der Waals surface area contributed by atoms with Crippen molar-refractivity contribution in [1.29, 1.82) is 0 Å². The van der Waals surface area contributed by atoms with Gasteiger partial charge in [0, 0.05) is 0 Å². The SMILES string of the molecule is C=C/C(C)=C(\C=C)S(=O)(=O)CC. The van der Waals surface area contributed by atoms with Crippen molar-refractivity contribution in [3.05, 3.63) is 35.8 Å². The second-order valence-electron chi connectivity index (χ2n) is 2.36. The van der Waals surface area contributed by atoms with Crippen molar-refractivity contribution in [2.75, 3.05) is 5.75 Å². The number of sulfone groups is 1. The van der Waals surface area contributed by atoms with Crippen molar-refractivity contribution >= 4 is 9.84 Å². The molecule has 0 rings (SSSR count). The summed E-state index contributed by atoms with van der Waals surface area (Å²) >= 11 is 0. The average Bonchev–Trinajstić information content (AvgIpc) is 2.05. The zero-order valence-corrected chi connectivity index (χ0v) is 8.32. The molecule has 0 amide bonds. The number of hydrogen-bond donors (Lipinski definition) is 0. The van der Waals surface area contributed by atoms with Gasteiger partial charge in [-0.15, -0.1) is 0 Å². The lowest BCUT2D eigenvalue weighted by molar-refractivity contribution is 0.604. The lowest BCUT2D eigenvalue weighted by Gasteiger charge is -2.03. The van der Waals surface area contributed by atoms with Gasteiger partial charge in [-0.25, -0.2) is 8.42 Å². The van der Waals surface area contributed by atoms with Gasteiger partial charge >= 0.3 is 0 Å². The zero-order chi connectivity index (χ0) is 9.78. The zero-order valence-electron chi connectivity index (χ0n) is 7.50. The third-order valence-corrected chi connectivity index (χ3v) is 3.51. The van der Waals surface area contributed by atoms with Crippen LogP contribution >= 0.6 is 0 Å². The van der Waals surface area contributed by atoms with Crippen LogP contribution in [-0.4, -0.2) is 14.2 Å². The monoisotopic (exact) mass is 186 g/mol. The van der Waals surface area contributed by atoms with Crippen LogP contribution in [-0.2, 0) is 9.84 Å². The Hall–Kier alpha value is -0.830. The molecule has 3 heteroatoms. The van der Waals surface area contributed by atoms with Gasteiger partial charge in [-0.05, 0) is 12.5 Å². The van der Waals surface area contributed by atoms with E-state index in [1.807, 2.05) is 0 Å². The molecule has 0 bridgehead atoms. The highest BCUT2D eigenvalue weighted by atomic mass is 32.2. The highest BCUT2D eigenvalue weighted by Gasteiger charge is 2.13. The molecule has 0 aliphatic heterocycles. The van der Waals surface area contributed by atoms with E-state index in [2.05, 4.69) is 13.2 Å². The molecule has 0 saturated heterocycles. The fourth-order valence-corrected chi connectivity index (χ4v) is 1.93. The molecule has 0 saturated carbocycles. The first-order valence-corrected chi connectivity index (χ1v) is 5.33. The number of rotatable bonds is 4. The standard InChI is InChI=1S/C9H14O2S/c1-5-8(4)9(6-2)12(10,11)7-3/h5-6H,1-2,7H2,3-4H3/b9-8+. The molecular weight excluding hydrogens is 172 g/mol. The molecule has 0 atom stereocenters. The van der Waals surface area contributed by atoms with Crippen LogP contribution in [0.3, 0.4) is 0 Å². The molecule has 0 aliphatic carbocycles. The number of hydrogen-bond acceptors (Lipinski definition) is 2. The van der Waals surface area contributed by atoms with E-state index in [0.29, 0.717) is 5.57 Å². The Labute approximate surface area is 74.2 Å². The van der Waals surface area contributed by atoms with Crippen LogP contribution in [0.25, 0.3) is 0 Å². The molecule has 0 N–H and O–H groups in total. The number of allylic oxidation sites excluding steroid dienone is 3. The predicted octanol–water partition coefficient (Wildman–Crippen LogP) is 2.07. The molecule has 0 heterocycles. The van der Waals surface area contributed by atoms with Gasteiger partial charge in [0.2, 0.25) is 0 Å². The van der Waals surface area contributed by atoms with Gasteiger partial charge in [-0.1, -0.05) is 32.2 Å². The molecule has 12 heavy (non-hydrogen) atoms. The van der Waals surface area contributed by atoms with E-state index >= 15 is 0 Å². The Morgan fingerprint density at radius 2 is 1.83 bits per heavy atom. The van der Waals surface area contributed by atoms with Crippen molar-refractivity contribution in [2.45, 2.75) is 13.8 Å². The second-order valence-corrected chi connectivity index (χ2v) is 4.61. The van der Waals surface area contributed by atoms with Gasteiger partial charge in [-0.3, -0.25) is 0 Å². The van der Waals surface area contributed by atoms with Crippen molar-refractivity contribution in [1.82, 2.24) is 0 Å². The smallest absolute Gasteiger partial charge is 0.178 e. The lowest BCUT2D eigenvalue weighted by Crippen LogP contribution is -2.06. The summed E-state index contributed by atoms with van der Waals surface area (Å²) in [5, 5.41) is 0. The third kappa shape index (κ3) is 2.34. The fraction of sp³-hybridized carbons (Fsp3) is 0.333. The largest absolute Gasteiger partial charge is 0.224 e. The third-order valence-electron chi connectivity index (χ3n) is 1.60. The first-order valence-electron chi connectivity index (χ1n) is 3.68. The van der Waals surface area contributed by atoms with Crippen LogP contribution in [0.2, 0.25) is 0 Å².